The predicted octanol–water partition coefficient (Wildman–Crippen LogP) is 1.90. The van der Waals surface area contributed by atoms with Crippen molar-refractivity contribution in [2.24, 2.45) is 23.7 Å². The van der Waals surface area contributed by atoms with Gasteiger partial charge in [0, 0.05) is 12.5 Å². The molecule has 0 heterocycles. The Bertz CT molecular complexity index is 290. The molecule has 4 nitrogen and oxygen atoms in total. The standard InChI is InChI=1S/C13H23NO3/c1-8-4-5-11(6-8)7-14-12(15)9(2)10(3)13(16)17/h8-11H,4-7H2,1-3H3,(H,14,15)(H,16,17). The molecule has 0 radical (unpaired) electrons. The molecule has 0 aromatic carbocycles. The Hall–Kier alpha value is -1.06. The zero-order valence-electron chi connectivity index (χ0n) is 10.9. The van der Waals surface area contributed by atoms with E-state index >= 15 is 0 Å². The molecule has 1 aliphatic carbocycles. The van der Waals surface area contributed by atoms with Crippen molar-refractivity contribution in [1.29, 1.82) is 0 Å². The van der Waals surface area contributed by atoms with Crippen LogP contribution in [0.2, 0.25) is 0 Å². The Balaban J connectivity index is 2.31. The second kappa shape index (κ2) is 6.03. The van der Waals surface area contributed by atoms with Crippen molar-refractivity contribution >= 4 is 11.9 Å². The minimum atomic E-state index is -0.915. The highest BCUT2D eigenvalue weighted by Crippen LogP contribution is 2.29. The number of hydrogen-bond acceptors (Lipinski definition) is 2. The smallest absolute Gasteiger partial charge is 0.307 e. The third-order valence-electron chi connectivity index (χ3n) is 3.92. The summed E-state index contributed by atoms with van der Waals surface area (Å²) in [5.74, 6) is -0.820. The van der Waals surface area contributed by atoms with Gasteiger partial charge >= 0.3 is 5.97 Å². The van der Waals surface area contributed by atoms with Gasteiger partial charge in [-0.2, -0.15) is 0 Å². The van der Waals surface area contributed by atoms with E-state index in [9.17, 15) is 9.59 Å². The van der Waals surface area contributed by atoms with E-state index in [4.69, 9.17) is 5.11 Å². The van der Waals surface area contributed by atoms with Crippen molar-refractivity contribution < 1.29 is 14.7 Å². The number of carbonyl (C=O) groups excluding carboxylic acids is 1. The van der Waals surface area contributed by atoms with Gasteiger partial charge in [-0.1, -0.05) is 27.2 Å². The summed E-state index contributed by atoms with van der Waals surface area (Å²) in [7, 11) is 0. The summed E-state index contributed by atoms with van der Waals surface area (Å²) < 4.78 is 0. The number of carboxylic acids is 1. The molecule has 98 valence electrons. The van der Waals surface area contributed by atoms with Crippen LogP contribution in [0.15, 0.2) is 0 Å². The molecule has 1 saturated carbocycles. The lowest BCUT2D eigenvalue weighted by Gasteiger charge is -2.17. The first-order valence-electron chi connectivity index (χ1n) is 6.42. The van der Waals surface area contributed by atoms with Crippen molar-refractivity contribution in [3.8, 4) is 0 Å². The van der Waals surface area contributed by atoms with Gasteiger partial charge in [0.25, 0.3) is 0 Å². The third kappa shape index (κ3) is 4.02. The molecule has 1 amide bonds. The van der Waals surface area contributed by atoms with Gasteiger partial charge < -0.3 is 10.4 Å². The first kappa shape index (κ1) is 14.0. The van der Waals surface area contributed by atoms with Crippen LogP contribution in [0.25, 0.3) is 0 Å². The molecular formula is C13H23NO3. The van der Waals surface area contributed by atoms with Crippen molar-refractivity contribution in [3.63, 3.8) is 0 Å². The summed E-state index contributed by atoms with van der Waals surface area (Å²) >= 11 is 0. The number of carbonyl (C=O) groups is 2. The van der Waals surface area contributed by atoms with Crippen LogP contribution in [-0.2, 0) is 9.59 Å². The second-order valence-electron chi connectivity index (χ2n) is 5.44. The Morgan fingerprint density at radius 3 is 2.41 bits per heavy atom. The topological polar surface area (TPSA) is 66.4 Å². The van der Waals surface area contributed by atoms with Gasteiger partial charge in [0.1, 0.15) is 0 Å². The molecule has 1 fully saturated rings. The minimum absolute atomic E-state index is 0.139. The van der Waals surface area contributed by atoms with Crippen molar-refractivity contribution in [2.45, 2.75) is 40.0 Å². The van der Waals surface area contributed by atoms with E-state index in [2.05, 4.69) is 12.2 Å². The maximum Gasteiger partial charge on any atom is 0.307 e. The maximum absolute atomic E-state index is 11.8. The van der Waals surface area contributed by atoms with Crippen LogP contribution in [0.1, 0.15) is 40.0 Å². The predicted molar refractivity (Wildman–Crippen MR) is 65.5 cm³/mol. The van der Waals surface area contributed by atoms with E-state index in [1.807, 2.05) is 0 Å². The zero-order chi connectivity index (χ0) is 13.0. The SMILES string of the molecule is CC1CCC(CNC(=O)C(C)C(C)C(=O)O)C1. The first-order chi connectivity index (χ1) is 7.91. The van der Waals surface area contributed by atoms with Gasteiger partial charge in [0.15, 0.2) is 0 Å². The summed E-state index contributed by atoms with van der Waals surface area (Å²) in [6.07, 6.45) is 3.58. The molecule has 4 atom stereocenters. The van der Waals surface area contributed by atoms with Crippen molar-refractivity contribution in [1.82, 2.24) is 5.32 Å². The molecule has 0 spiro atoms. The van der Waals surface area contributed by atoms with Gasteiger partial charge in [-0.25, -0.2) is 0 Å². The summed E-state index contributed by atoms with van der Waals surface area (Å²) in [6.45, 7) is 6.17. The van der Waals surface area contributed by atoms with E-state index in [-0.39, 0.29) is 5.91 Å². The van der Waals surface area contributed by atoms with E-state index in [1.165, 1.54) is 19.3 Å². The number of hydrogen-bond donors (Lipinski definition) is 2. The van der Waals surface area contributed by atoms with Crippen molar-refractivity contribution in [2.75, 3.05) is 6.54 Å². The van der Waals surface area contributed by atoms with E-state index in [0.29, 0.717) is 12.5 Å². The van der Waals surface area contributed by atoms with Crippen LogP contribution in [-0.4, -0.2) is 23.5 Å². The summed E-state index contributed by atoms with van der Waals surface area (Å²) in [4.78, 5) is 22.5. The van der Waals surface area contributed by atoms with E-state index in [0.717, 1.165) is 5.92 Å². The lowest BCUT2D eigenvalue weighted by molar-refractivity contribution is -0.146. The highest BCUT2D eigenvalue weighted by Gasteiger charge is 2.27. The van der Waals surface area contributed by atoms with E-state index < -0.39 is 17.8 Å². The number of aliphatic carboxylic acids is 1. The Labute approximate surface area is 103 Å². The lowest BCUT2D eigenvalue weighted by Crippen LogP contribution is -2.37. The molecule has 1 rings (SSSR count). The molecule has 4 heteroatoms. The van der Waals surface area contributed by atoms with Crippen LogP contribution in [0, 0.1) is 23.7 Å². The third-order valence-corrected chi connectivity index (χ3v) is 3.92. The van der Waals surface area contributed by atoms with Gasteiger partial charge in [-0.15, -0.1) is 0 Å². The van der Waals surface area contributed by atoms with Crippen LogP contribution < -0.4 is 5.32 Å². The Kier molecular flexibility index (Phi) is 4.97. The van der Waals surface area contributed by atoms with Crippen molar-refractivity contribution in [3.05, 3.63) is 0 Å². The molecule has 2 N–H and O–H groups in total. The molecule has 0 aromatic rings. The average Bonchev–Trinajstić information content (AvgIpc) is 2.69. The molecular weight excluding hydrogens is 218 g/mol. The molecule has 1 aliphatic rings. The molecule has 0 aliphatic heterocycles. The van der Waals surface area contributed by atoms with Crippen LogP contribution >= 0.6 is 0 Å². The summed E-state index contributed by atoms with van der Waals surface area (Å²) in [5.41, 5.74) is 0. The van der Waals surface area contributed by atoms with Gasteiger partial charge in [0.05, 0.1) is 5.92 Å². The quantitative estimate of drug-likeness (QED) is 0.772. The fourth-order valence-electron chi connectivity index (χ4n) is 2.36. The van der Waals surface area contributed by atoms with Gasteiger partial charge in [-0.3, -0.25) is 9.59 Å². The number of nitrogens with one attached hydrogen (secondary N) is 1. The molecule has 0 saturated heterocycles. The zero-order valence-corrected chi connectivity index (χ0v) is 10.9. The Morgan fingerprint density at radius 2 is 1.94 bits per heavy atom. The highest BCUT2D eigenvalue weighted by molar-refractivity contribution is 5.84. The molecule has 0 bridgehead atoms. The van der Waals surface area contributed by atoms with Gasteiger partial charge in [0.2, 0.25) is 5.91 Å². The maximum atomic E-state index is 11.8. The fraction of sp³-hybridized carbons (Fsp3) is 0.846. The minimum Gasteiger partial charge on any atom is -0.481 e. The molecule has 0 aromatic heterocycles. The molecule has 4 unspecified atom stereocenters. The normalized spacial score (nSPS) is 27.5. The van der Waals surface area contributed by atoms with E-state index in [1.54, 1.807) is 13.8 Å². The first-order valence-corrected chi connectivity index (χ1v) is 6.42. The Morgan fingerprint density at radius 1 is 1.29 bits per heavy atom. The fourth-order valence-corrected chi connectivity index (χ4v) is 2.36. The highest BCUT2D eigenvalue weighted by atomic mass is 16.4. The summed E-state index contributed by atoms with van der Waals surface area (Å²) in [5, 5.41) is 11.7. The molecule has 17 heavy (non-hydrogen) atoms. The number of amides is 1. The average molecular weight is 241 g/mol. The second-order valence-corrected chi connectivity index (χ2v) is 5.44. The van der Waals surface area contributed by atoms with Gasteiger partial charge in [-0.05, 0) is 24.7 Å². The number of rotatable bonds is 5. The summed E-state index contributed by atoms with van der Waals surface area (Å²) in [6, 6.07) is 0. The monoisotopic (exact) mass is 241 g/mol. The lowest BCUT2D eigenvalue weighted by atomic mass is 9.95. The van der Waals surface area contributed by atoms with Crippen LogP contribution in [0.3, 0.4) is 0 Å². The number of carboxylic acid groups (broad SMARTS) is 1. The van der Waals surface area contributed by atoms with Crippen LogP contribution in [0.5, 0.6) is 0 Å². The largest absolute Gasteiger partial charge is 0.481 e. The van der Waals surface area contributed by atoms with Crippen LogP contribution in [0.4, 0.5) is 0 Å².